The number of anilines is 1. The summed E-state index contributed by atoms with van der Waals surface area (Å²) in [7, 11) is 0. The molecular weight excluding hydrogens is 351 g/mol. The number of hydrogen-bond donors (Lipinski definition) is 1. The van der Waals surface area contributed by atoms with Gasteiger partial charge >= 0.3 is 6.61 Å². The number of nitrogens with one attached hydrogen (secondary N) is 1. The van der Waals surface area contributed by atoms with E-state index >= 15 is 0 Å². The molecule has 0 spiro atoms. The first kappa shape index (κ1) is 17.3. The molecule has 0 radical (unpaired) electrons. The molecule has 4 nitrogen and oxygen atoms in total. The van der Waals surface area contributed by atoms with Gasteiger partial charge in [-0.3, -0.25) is 4.79 Å². The molecule has 0 unspecified atom stereocenters. The zero-order chi connectivity index (χ0) is 16.8. The van der Waals surface area contributed by atoms with Crippen molar-refractivity contribution in [3.63, 3.8) is 0 Å². The Balaban J connectivity index is 1.99. The van der Waals surface area contributed by atoms with E-state index in [1.54, 1.807) is 24.3 Å². The molecule has 122 valence electrons. The van der Waals surface area contributed by atoms with Gasteiger partial charge in [-0.25, -0.2) is 0 Å². The first-order valence-corrected chi connectivity index (χ1v) is 7.13. The van der Waals surface area contributed by atoms with Crippen LogP contribution in [0.2, 0.25) is 10.0 Å². The largest absolute Gasteiger partial charge is 0.482 e. The summed E-state index contributed by atoms with van der Waals surface area (Å²) in [5.41, 5.74) is 0.110. The monoisotopic (exact) mass is 361 g/mol. The summed E-state index contributed by atoms with van der Waals surface area (Å²) >= 11 is 11.8. The summed E-state index contributed by atoms with van der Waals surface area (Å²) in [5.74, 6) is -0.463. The minimum absolute atomic E-state index is 0.110. The lowest BCUT2D eigenvalue weighted by Gasteiger charge is -2.12. The molecule has 0 atom stereocenters. The first-order valence-electron chi connectivity index (χ1n) is 6.38. The van der Waals surface area contributed by atoms with E-state index in [1.165, 1.54) is 18.2 Å². The highest BCUT2D eigenvalue weighted by atomic mass is 35.5. The number of hydrogen-bond acceptors (Lipinski definition) is 3. The van der Waals surface area contributed by atoms with Crippen LogP contribution in [0, 0.1) is 0 Å². The average molecular weight is 362 g/mol. The second-order valence-corrected chi connectivity index (χ2v) is 5.05. The van der Waals surface area contributed by atoms with Crippen LogP contribution in [0.1, 0.15) is 0 Å². The molecular formula is C15H11Cl2F2NO3. The summed E-state index contributed by atoms with van der Waals surface area (Å²) in [4.78, 5) is 11.9. The molecule has 0 saturated carbocycles. The molecule has 0 aliphatic carbocycles. The molecule has 23 heavy (non-hydrogen) atoms. The average Bonchev–Trinajstić information content (AvgIpc) is 2.50. The van der Waals surface area contributed by atoms with Crippen molar-refractivity contribution in [1.29, 1.82) is 0 Å². The molecule has 2 rings (SSSR count). The molecule has 8 heteroatoms. The summed E-state index contributed by atoms with van der Waals surface area (Å²) in [5, 5.41) is 2.90. The molecule has 1 amide bonds. The third-order valence-corrected chi connectivity index (χ3v) is 3.45. The van der Waals surface area contributed by atoms with Gasteiger partial charge in [0.1, 0.15) is 16.5 Å². The molecule has 1 N–H and O–H groups in total. The van der Waals surface area contributed by atoms with Crippen LogP contribution < -0.4 is 14.8 Å². The molecule has 0 saturated heterocycles. The van der Waals surface area contributed by atoms with Gasteiger partial charge < -0.3 is 14.8 Å². The zero-order valence-corrected chi connectivity index (χ0v) is 13.1. The van der Waals surface area contributed by atoms with E-state index in [4.69, 9.17) is 27.9 Å². The molecule has 0 aliphatic heterocycles. The van der Waals surface area contributed by atoms with Crippen LogP contribution in [0.5, 0.6) is 11.5 Å². The van der Waals surface area contributed by atoms with Crippen molar-refractivity contribution in [1.82, 2.24) is 0 Å². The van der Waals surface area contributed by atoms with Crippen LogP contribution in [0.25, 0.3) is 0 Å². The Morgan fingerprint density at radius 3 is 2.52 bits per heavy atom. The number of rotatable bonds is 6. The summed E-state index contributed by atoms with van der Waals surface area (Å²) < 4.78 is 34.2. The third-order valence-electron chi connectivity index (χ3n) is 2.65. The number of carbonyl (C=O) groups is 1. The standard InChI is InChI=1S/C15H11Cl2F2NO3/c16-9-4-3-7-12(14(9)17)22-8-13(21)20-10-5-1-2-6-11(10)23-15(18)19/h1-7,15H,8H2,(H,20,21). The van der Waals surface area contributed by atoms with Gasteiger partial charge in [-0.1, -0.05) is 41.4 Å². The maximum Gasteiger partial charge on any atom is 0.387 e. The lowest BCUT2D eigenvalue weighted by Crippen LogP contribution is -2.21. The predicted molar refractivity (Wildman–Crippen MR) is 83.7 cm³/mol. The van der Waals surface area contributed by atoms with Gasteiger partial charge in [0.2, 0.25) is 0 Å². The SMILES string of the molecule is O=C(COc1cccc(Cl)c1Cl)Nc1ccccc1OC(F)F. The van der Waals surface area contributed by atoms with E-state index in [1.807, 2.05) is 0 Å². The molecule has 2 aromatic carbocycles. The molecule has 0 aromatic heterocycles. The van der Waals surface area contributed by atoms with Crippen LogP contribution in [-0.2, 0) is 4.79 Å². The van der Waals surface area contributed by atoms with Gasteiger partial charge in [0.05, 0.1) is 10.7 Å². The van der Waals surface area contributed by atoms with Crippen molar-refractivity contribution < 1.29 is 23.0 Å². The Hall–Kier alpha value is -2.05. The predicted octanol–water partition coefficient (Wildman–Crippen LogP) is 4.61. The van der Waals surface area contributed by atoms with Crippen LogP contribution >= 0.6 is 23.2 Å². The summed E-state index contributed by atoms with van der Waals surface area (Å²) in [6, 6.07) is 10.6. The highest BCUT2D eigenvalue weighted by molar-refractivity contribution is 6.42. The molecule has 0 heterocycles. The number of carbonyl (C=O) groups excluding carboxylic acids is 1. The van der Waals surface area contributed by atoms with E-state index in [-0.39, 0.29) is 28.8 Å². The van der Waals surface area contributed by atoms with E-state index < -0.39 is 12.5 Å². The summed E-state index contributed by atoms with van der Waals surface area (Å²) in [6.45, 7) is -3.36. The van der Waals surface area contributed by atoms with Gasteiger partial charge in [0, 0.05) is 0 Å². The normalized spacial score (nSPS) is 10.5. The maximum absolute atomic E-state index is 12.3. The van der Waals surface area contributed by atoms with Gasteiger partial charge in [0.15, 0.2) is 6.61 Å². The van der Waals surface area contributed by atoms with Gasteiger partial charge in [0.25, 0.3) is 5.91 Å². The lowest BCUT2D eigenvalue weighted by atomic mass is 10.3. The van der Waals surface area contributed by atoms with Crippen LogP contribution in [0.15, 0.2) is 42.5 Å². The number of ether oxygens (including phenoxy) is 2. The van der Waals surface area contributed by atoms with Crippen molar-refractivity contribution >= 4 is 34.8 Å². The van der Waals surface area contributed by atoms with E-state index in [0.29, 0.717) is 5.02 Å². The summed E-state index contributed by atoms with van der Waals surface area (Å²) in [6.07, 6.45) is 0. The smallest absolute Gasteiger partial charge is 0.387 e. The Morgan fingerprint density at radius 1 is 1.09 bits per heavy atom. The van der Waals surface area contributed by atoms with E-state index in [0.717, 1.165) is 0 Å². The minimum Gasteiger partial charge on any atom is -0.482 e. The first-order chi connectivity index (χ1) is 11.0. The van der Waals surface area contributed by atoms with Crippen molar-refractivity contribution in [3.05, 3.63) is 52.5 Å². The molecule has 0 bridgehead atoms. The number of halogens is 4. The fraction of sp³-hybridized carbons (Fsp3) is 0.133. The Bertz CT molecular complexity index is 698. The molecule has 2 aromatic rings. The van der Waals surface area contributed by atoms with Crippen molar-refractivity contribution in [2.24, 2.45) is 0 Å². The number of amides is 1. The Kier molecular flexibility index (Phi) is 6.01. The Morgan fingerprint density at radius 2 is 1.78 bits per heavy atom. The highest BCUT2D eigenvalue weighted by Gasteiger charge is 2.13. The van der Waals surface area contributed by atoms with Crippen LogP contribution in [-0.4, -0.2) is 19.1 Å². The fourth-order valence-corrected chi connectivity index (χ4v) is 2.04. The number of alkyl halides is 2. The maximum atomic E-state index is 12.3. The second-order valence-electron chi connectivity index (χ2n) is 4.26. The van der Waals surface area contributed by atoms with Crippen molar-refractivity contribution in [2.45, 2.75) is 6.61 Å². The quantitative estimate of drug-likeness (QED) is 0.816. The number of benzene rings is 2. The van der Waals surface area contributed by atoms with E-state index in [2.05, 4.69) is 10.1 Å². The van der Waals surface area contributed by atoms with Crippen molar-refractivity contribution in [3.8, 4) is 11.5 Å². The third kappa shape index (κ3) is 4.97. The van der Waals surface area contributed by atoms with E-state index in [9.17, 15) is 13.6 Å². The van der Waals surface area contributed by atoms with Gasteiger partial charge in [-0.15, -0.1) is 0 Å². The van der Waals surface area contributed by atoms with Crippen LogP contribution in [0.3, 0.4) is 0 Å². The number of para-hydroxylation sites is 2. The van der Waals surface area contributed by atoms with Crippen LogP contribution in [0.4, 0.5) is 14.5 Å². The second kappa shape index (κ2) is 7.99. The topological polar surface area (TPSA) is 47.6 Å². The minimum atomic E-state index is -2.99. The fourth-order valence-electron chi connectivity index (χ4n) is 1.69. The molecule has 0 fully saturated rings. The highest BCUT2D eigenvalue weighted by Crippen LogP contribution is 2.31. The van der Waals surface area contributed by atoms with Gasteiger partial charge in [-0.05, 0) is 24.3 Å². The Labute approximate surface area is 140 Å². The zero-order valence-electron chi connectivity index (χ0n) is 11.6. The molecule has 0 aliphatic rings. The lowest BCUT2D eigenvalue weighted by molar-refractivity contribution is -0.118. The van der Waals surface area contributed by atoms with Gasteiger partial charge in [-0.2, -0.15) is 8.78 Å². The van der Waals surface area contributed by atoms with Crippen molar-refractivity contribution in [2.75, 3.05) is 11.9 Å².